The number of fused-ring (bicyclic) bond motifs is 1. The van der Waals surface area contributed by atoms with E-state index in [1.165, 1.54) is 64.2 Å². The lowest BCUT2D eigenvalue weighted by Crippen LogP contribution is -2.64. The number of carbonyl (C=O) groups is 4. The average molecular weight is 717 g/mol. The van der Waals surface area contributed by atoms with Crippen molar-refractivity contribution < 1.29 is 19.2 Å². The fourth-order valence-corrected chi connectivity index (χ4v) is 7.40. The zero-order valence-electron chi connectivity index (χ0n) is 32.0. The summed E-state index contributed by atoms with van der Waals surface area (Å²) < 4.78 is 0. The smallest absolute Gasteiger partial charge is 0.262 e. The molecule has 1 unspecified atom stereocenters. The molecular weight excluding hydrogens is 652 g/mol. The topological polar surface area (TPSA) is 114 Å². The first-order valence-electron chi connectivity index (χ1n) is 20.1. The predicted octanol–water partition coefficient (Wildman–Crippen LogP) is 6.13. The van der Waals surface area contributed by atoms with Crippen LogP contribution in [0.25, 0.3) is 0 Å². The lowest BCUT2D eigenvalue weighted by atomic mass is 9.98. The molecule has 4 amide bonds. The molecule has 2 fully saturated rings. The van der Waals surface area contributed by atoms with Crippen LogP contribution in [0.15, 0.2) is 60.7 Å². The minimum absolute atomic E-state index is 0.0589. The molecule has 2 aromatic rings. The summed E-state index contributed by atoms with van der Waals surface area (Å²) in [5.74, 6) is -0.928. The normalized spacial score (nSPS) is 18.5. The molecule has 0 aliphatic carbocycles. The molecule has 3 atom stereocenters. The van der Waals surface area contributed by atoms with E-state index in [0.29, 0.717) is 32.5 Å². The minimum atomic E-state index is -0.960. The maximum Gasteiger partial charge on any atom is 0.262 e. The van der Waals surface area contributed by atoms with Gasteiger partial charge in [0.25, 0.3) is 5.91 Å². The molecule has 0 radical (unpaired) electrons. The van der Waals surface area contributed by atoms with Gasteiger partial charge in [-0.25, -0.2) is 5.01 Å². The van der Waals surface area contributed by atoms with E-state index < -0.39 is 18.1 Å². The molecule has 2 aliphatic rings. The van der Waals surface area contributed by atoms with Crippen LogP contribution in [0.1, 0.15) is 127 Å². The van der Waals surface area contributed by atoms with Gasteiger partial charge < -0.3 is 20.9 Å². The van der Waals surface area contributed by atoms with Crippen molar-refractivity contribution in [2.75, 3.05) is 33.2 Å². The summed E-state index contributed by atoms with van der Waals surface area (Å²) in [4.78, 5) is 56.8. The molecule has 10 nitrogen and oxygen atoms in total. The van der Waals surface area contributed by atoms with Gasteiger partial charge in [-0.2, -0.15) is 0 Å². The zero-order valence-corrected chi connectivity index (χ0v) is 32.0. The van der Waals surface area contributed by atoms with Gasteiger partial charge in [0.1, 0.15) is 12.1 Å². The van der Waals surface area contributed by atoms with Gasteiger partial charge in [0.05, 0.1) is 18.6 Å². The second kappa shape index (κ2) is 22.3. The van der Waals surface area contributed by atoms with E-state index >= 15 is 0 Å². The lowest BCUT2D eigenvalue weighted by Gasteiger charge is -2.40. The second-order valence-electron chi connectivity index (χ2n) is 14.6. The van der Waals surface area contributed by atoms with Gasteiger partial charge in [0.2, 0.25) is 17.7 Å². The summed E-state index contributed by atoms with van der Waals surface area (Å²) in [5, 5.41) is 12.7. The number of nitrogens with one attached hydrogen (secondary N) is 3. The molecule has 4 rings (SSSR count). The van der Waals surface area contributed by atoms with Crippen molar-refractivity contribution in [2.45, 2.75) is 134 Å². The number of hydrazine groups is 1. The highest BCUT2D eigenvalue weighted by Crippen LogP contribution is 2.26. The number of hydrogen-bond donors (Lipinski definition) is 3. The van der Waals surface area contributed by atoms with Crippen LogP contribution in [0, 0.1) is 0 Å². The van der Waals surface area contributed by atoms with Crippen LogP contribution in [-0.4, -0.2) is 89.9 Å². The molecule has 2 saturated heterocycles. The second-order valence-corrected chi connectivity index (χ2v) is 14.6. The SMILES string of the molecule is CCCCCCCCCCCCCCCC(=O)NC1CN(C(=O)[C@@H](C)NC)CCN2CC[C@@H](C(=O)NC(c3ccccc3)c3ccccc3)N2C1=O. The predicted molar refractivity (Wildman–Crippen MR) is 207 cm³/mol. The molecule has 0 spiro atoms. The Balaban J connectivity index is 1.36. The third-order valence-electron chi connectivity index (χ3n) is 10.6. The van der Waals surface area contributed by atoms with Gasteiger partial charge >= 0.3 is 0 Å². The Morgan fingerprint density at radius 3 is 1.83 bits per heavy atom. The first kappa shape index (κ1) is 41.0. The van der Waals surface area contributed by atoms with E-state index in [1.54, 1.807) is 23.9 Å². The van der Waals surface area contributed by atoms with Crippen LogP contribution in [0.5, 0.6) is 0 Å². The largest absolute Gasteiger partial charge is 0.343 e. The summed E-state index contributed by atoms with van der Waals surface area (Å²) in [6.07, 6.45) is 16.7. The summed E-state index contributed by atoms with van der Waals surface area (Å²) in [5.41, 5.74) is 1.89. The Morgan fingerprint density at radius 2 is 1.29 bits per heavy atom. The van der Waals surface area contributed by atoms with E-state index in [1.807, 2.05) is 65.7 Å². The molecule has 2 heterocycles. The molecular formula is C42H64N6O4. The van der Waals surface area contributed by atoms with Gasteiger partial charge in [-0.1, -0.05) is 145 Å². The van der Waals surface area contributed by atoms with Crippen LogP contribution in [-0.2, 0) is 19.2 Å². The number of rotatable bonds is 21. The molecule has 2 aliphatic heterocycles. The van der Waals surface area contributed by atoms with Crippen molar-refractivity contribution in [1.29, 1.82) is 0 Å². The average Bonchev–Trinajstić information content (AvgIpc) is 3.59. The van der Waals surface area contributed by atoms with E-state index in [0.717, 1.165) is 30.4 Å². The number of hydrogen-bond acceptors (Lipinski definition) is 6. The highest BCUT2D eigenvalue weighted by molar-refractivity contribution is 5.93. The van der Waals surface area contributed by atoms with Crippen LogP contribution in [0.2, 0.25) is 0 Å². The van der Waals surface area contributed by atoms with Crippen LogP contribution >= 0.6 is 0 Å². The maximum absolute atomic E-state index is 14.4. The van der Waals surface area contributed by atoms with E-state index in [9.17, 15) is 19.2 Å². The number of unbranched alkanes of at least 4 members (excludes halogenated alkanes) is 12. The maximum atomic E-state index is 14.4. The highest BCUT2D eigenvalue weighted by Gasteiger charge is 2.45. The molecule has 3 N–H and O–H groups in total. The van der Waals surface area contributed by atoms with Crippen LogP contribution < -0.4 is 16.0 Å². The van der Waals surface area contributed by atoms with Crippen LogP contribution in [0.4, 0.5) is 0 Å². The first-order valence-corrected chi connectivity index (χ1v) is 20.1. The van der Waals surface area contributed by atoms with Crippen LogP contribution in [0.3, 0.4) is 0 Å². The third-order valence-corrected chi connectivity index (χ3v) is 10.6. The summed E-state index contributed by atoms with van der Waals surface area (Å²) in [7, 11) is 1.73. The summed E-state index contributed by atoms with van der Waals surface area (Å²) in [6, 6.07) is 17.1. The third kappa shape index (κ3) is 12.4. The summed E-state index contributed by atoms with van der Waals surface area (Å²) in [6.45, 7) is 5.40. The molecule has 286 valence electrons. The first-order chi connectivity index (χ1) is 25.3. The van der Waals surface area contributed by atoms with Gasteiger partial charge in [0, 0.05) is 26.1 Å². The molecule has 0 bridgehead atoms. The molecule has 52 heavy (non-hydrogen) atoms. The Bertz CT molecular complexity index is 1340. The molecule has 0 aromatic heterocycles. The Labute approximate surface area is 312 Å². The van der Waals surface area contributed by atoms with Gasteiger partial charge in [-0.3, -0.25) is 24.2 Å². The Morgan fingerprint density at radius 1 is 0.750 bits per heavy atom. The molecule has 2 aromatic carbocycles. The molecule has 0 saturated carbocycles. The Kier molecular flexibility index (Phi) is 17.6. The van der Waals surface area contributed by atoms with E-state index in [4.69, 9.17) is 0 Å². The Hall–Kier alpha value is -3.76. The standard InChI is InChI=1S/C42H64N6O4/c1-4-5-6-7-8-9-10-11-12-13-14-15-22-27-38(49)44-36-32-46(41(51)33(2)43-3)30-31-47-29-28-37(48(47)42(36)52)40(50)45-39(34-23-18-16-19-24-34)35-25-20-17-21-26-35/h16-21,23-26,33,36-37,39,43H,4-15,22,27-32H2,1-3H3,(H,44,49)(H,45,50)/t33-,36?,37+/m1/s1. The van der Waals surface area contributed by atoms with E-state index in [-0.39, 0.29) is 36.2 Å². The number of amides is 4. The number of carbonyl (C=O) groups excluding carboxylic acids is 4. The lowest BCUT2D eigenvalue weighted by molar-refractivity contribution is -0.160. The monoisotopic (exact) mass is 716 g/mol. The highest BCUT2D eigenvalue weighted by atomic mass is 16.2. The fraction of sp³-hybridized carbons (Fsp3) is 0.619. The molecule has 10 heteroatoms. The zero-order chi connectivity index (χ0) is 37.1. The van der Waals surface area contributed by atoms with Gasteiger partial charge in [-0.05, 0) is 37.9 Å². The summed E-state index contributed by atoms with van der Waals surface area (Å²) >= 11 is 0. The minimum Gasteiger partial charge on any atom is -0.343 e. The quantitative estimate of drug-likeness (QED) is 0.134. The van der Waals surface area contributed by atoms with Crippen molar-refractivity contribution >= 4 is 23.6 Å². The van der Waals surface area contributed by atoms with E-state index in [2.05, 4.69) is 22.9 Å². The van der Waals surface area contributed by atoms with Crippen molar-refractivity contribution in [3.63, 3.8) is 0 Å². The number of benzene rings is 2. The van der Waals surface area contributed by atoms with Gasteiger partial charge in [-0.15, -0.1) is 0 Å². The van der Waals surface area contributed by atoms with Crippen molar-refractivity contribution in [2.24, 2.45) is 0 Å². The van der Waals surface area contributed by atoms with Crippen molar-refractivity contribution in [3.8, 4) is 0 Å². The van der Waals surface area contributed by atoms with Crippen molar-refractivity contribution in [3.05, 3.63) is 71.8 Å². The van der Waals surface area contributed by atoms with Gasteiger partial charge in [0.15, 0.2) is 0 Å². The fourth-order valence-electron chi connectivity index (χ4n) is 7.40. The number of likely N-dealkylation sites (N-methyl/N-ethyl adjacent to an activating group) is 1. The van der Waals surface area contributed by atoms with Crippen molar-refractivity contribution in [1.82, 2.24) is 30.9 Å². The number of nitrogens with zero attached hydrogens (tertiary/aromatic N) is 3.